The molecule has 0 amide bonds. The smallest absolute Gasteiger partial charge is 0.194 e. The van der Waals surface area contributed by atoms with Crippen LogP contribution in [0.1, 0.15) is 17.2 Å². The average Bonchev–Trinajstić information content (AvgIpc) is 2.38. The van der Waals surface area contributed by atoms with Gasteiger partial charge in [0.25, 0.3) is 0 Å². The minimum absolute atomic E-state index is 0.153. The highest BCUT2D eigenvalue weighted by Crippen LogP contribution is 2.21. The largest absolute Gasteiger partial charge is 0.324 e. The zero-order valence-corrected chi connectivity index (χ0v) is 9.84. The van der Waals surface area contributed by atoms with Crippen molar-refractivity contribution in [2.45, 2.75) is 12.5 Å². The minimum atomic E-state index is -1.52. The lowest BCUT2D eigenvalue weighted by molar-refractivity contribution is 0.443. The molecule has 2 aromatic rings. The third kappa shape index (κ3) is 3.12. The molecule has 0 heterocycles. The lowest BCUT2D eigenvalue weighted by Gasteiger charge is -2.13. The molecule has 5 heteroatoms. The summed E-state index contributed by atoms with van der Waals surface area (Å²) < 4.78 is 51.7. The second kappa shape index (κ2) is 5.40. The molecule has 0 fully saturated rings. The third-order valence-electron chi connectivity index (χ3n) is 2.80. The van der Waals surface area contributed by atoms with Crippen LogP contribution in [0.3, 0.4) is 0 Å². The molecule has 0 aliphatic carbocycles. The molecule has 1 nitrogen and oxygen atoms in total. The van der Waals surface area contributed by atoms with Crippen molar-refractivity contribution in [2.24, 2.45) is 5.73 Å². The van der Waals surface area contributed by atoms with Gasteiger partial charge in [0.05, 0.1) is 0 Å². The quantitative estimate of drug-likeness (QED) is 0.670. The monoisotopic (exact) mass is 269 g/mol. The Hall–Kier alpha value is -1.88. The molecule has 1 atom stereocenters. The molecule has 0 aliphatic rings. The van der Waals surface area contributed by atoms with Crippen molar-refractivity contribution in [3.05, 3.63) is 70.8 Å². The normalized spacial score (nSPS) is 12.5. The van der Waals surface area contributed by atoms with E-state index in [4.69, 9.17) is 5.73 Å². The van der Waals surface area contributed by atoms with Gasteiger partial charge in [-0.05, 0) is 41.8 Å². The maximum absolute atomic E-state index is 13.1. The number of halogens is 4. The Kier molecular flexibility index (Phi) is 3.85. The highest BCUT2D eigenvalue weighted by Gasteiger charge is 2.15. The molecular formula is C14H11F4N. The Bertz CT molecular complexity index is 557. The predicted octanol–water partition coefficient (Wildman–Crippen LogP) is 3.49. The van der Waals surface area contributed by atoms with Crippen LogP contribution in [-0.2, 0) is 6.42 Å². The van der Waals surface area contributed by atoms with Gasteiger partial charge in [-0.15, -0.1) is 0 Å². The number of benzene rings is 2. The average molecular weight is 269 g/mol. The van der Waals surface area contributed by atoms with Crippen LogP contribution < -0.4 is 5.73 Å². The summed E-state index contributed by atoms with van der Waals surface area (Å²) in [6.07, 6.45) is 0.269. The second-order valence-corrected chi connectivity index (χ2v) is 4.24. The van der Waals surface area contributed by atoms with E-state index in [2.05, 4.69) is 0 Å². The van der Waals surface area contributed by atoms with Crippen LogP contribution in [0.2, 0.25) is 0 Å². The van der Waals surface area contributed by atoms with Crippen molar-refractivity contribution in [3.63, 3.8) is 0 Å². The van der Waals surface area contributed by atoms with E-state index in [0.29, 0.717) is 0 Å². The Morgan fingerprint density at radius 3 is 1.95 bits per heavy atom. The van der Waals surface area contributed by atoms with E-state index in [1.54, 1.807) is 0 Å². The summed E-state index contributed by atoms with van der Waals surface area (Å²) in [5.74, 6) is -4.44. The van der Waals surface area contributed by atoms with Crippen LogP contribution in [0.4, 0.5) is 17.6 Å². The first kappa shape index (κ1) is 13.5. The van der Waals surface area contributed by atoms with E-state index in [-0.39, 0.29) is 17.8 Å². The summed E-state index contributed by atoms with van der Waals surface area (Å²) in [4.78, 5) is 0. The zero-order chi connectivity index (χ0) is 14.0. The van der Waals surface area contributed by atoms with Crippen molar-refractivity contribution in [2.75, 3.05) is 0 Å². The fourth-order valence-corrected chi connectivity index (χ4v) is 1.78. The van der Waals surface area contributed by atoms with E-state index in [1.165, 1.54) is 24.3 Å². The van der Waals surface area contributed by atoms with Crippen LogP contribution in [0.15, 0.2) is 36.4 Å². The first-order valence-corrected chi connectivity index (χ1v) is 5.62. The molecule has 0 bridgehead atoms. The maximum Gasteiger partial charge on any atom is 0.194 e. The molecule has 0 spiro atoms. The van der Waals surface area contributed by atoms with Gasteiger partial charge in [-0.1, -0.05) is 12.1 Å². The topological polar surface area (TPSA) is 26.0 Å². The van der Waals surface area contributed by atoms with Gasteiger partial charge in [-0.25, -0.2) is 17.6 Å². The second-order valence-electron chi connectivity index (χ2n) is 4.24. The third-order valence-corrected chi connectivity index (χ3v) is 2.80. The van der Waals surface area contributed by atoms with Crippen LogP contribution in [0.5, 0.6) is 0 Å². The van der Waals surface area contributed by atoms with Gasteiger partial charge < -0.3 is 5.73 Å². The lowest BCUT2D eigenvalue weighted by Crippen LogP contribution is -2.14. The first-order chi connectivity index (χ1) is 8.97. The molecule has 0 radical (unpaired) electrons. The Morgan fingerprint density at radius 1 is 0.895 bits per heavy atom. The minimum Gasteiger partial charge on any atom is -0.324 e. The Labute approximate surface area is 107 Å². The van der Waals surface area contributed by atoms with Gasteiger partial charge in [0.2, 0.25) is 0 Å². The van der Waals surface area contributed by atoms with Crippen LogP contribution >= 0.6 is 0 Å². The summed E-state index contributed by atoms with van der Waals surface area (Å²) in [5.41, 5.74) is 6.68. The van der Waals surface area contributed by atoms with Gasteiger partial charge in [0.15, 0.2) is 17.5 Å². The van der Waals surface area contributed by atoms with Gasteiger partial charge in [0.1, 0.15) is 5.82 Å². The van der Waals surface area contributed by atoms with Crippen molar-refractivity contribution >= 4 is 0 Å². The molecule has 2 rings (SSSR count). The number of hydrogen-bond acceptors (Lipinski definition) is 1. The Morgan fingerprint density at radius 2 is 1.42 bits per heavy atom. The fourth-order valence-electron chi connectivity index (χ4n) is 1.78. The summed E-state index contributed by atoms with van der Waals surface area (Å²) in [6, 6.07) is 6.65. The van der Waals surface area contributed by atoms with Crippen LogP contribution in [-0.4, -0.2) is 0 Å². The molecular weight excluding hydrogens is 258 g/mol. The van der Waals surface area contributed by atoms with E-state index in [1.807, 2.05) is 0 Å². The Balaban J connectivity index is 2.20. The first-order valence-electron chi connectivity index (χ1n) is 5.62. The summed E-state index contributed by atoms with van der Waals surface area (Å²) >= 11 is 0. The molecule has 0 saturated heterocycles. The van der Waals surface area contributed by atoms with Gasteiger partial charge >= 0.3 is 0 Å². The fraction of sp³-hybridized carbons (Fsp3) is 0.143. The molecule has 1 unspecified atom stereocenters. The number of nitrogens with two attached hydrogens (primary N) is 1. The van der Waals surface area contributed by atoms with Crippen LogP contribution in [0.25, 0.3) is 0 Å². The number of rotatable bonds is 3. The molecule has 0 saturated carbocycles. The zero-order valence-electron chi connectivity index (χ0n) is 9.84. The summed E-state index contributed by atoms with van der Waals surface area (Å²) in [7, 11) is 0. The summed E-state index contributed by atoms with van der Waals surface area (Å²) in [6.45, 7) is 0. The highest BCUT2D eigenvalue weighted by atomic mass is 19.2. The van der Waals surface area contributed by atoms with Crippen molar-refractivity contribution in [3.8, 4) is 0 Å². The van der Waals surface area contributed by atoms with Gasteiger partial charge in [-0.2, -0.15) is 0 Å². The molecule has 2 aromatic carbocycles. The van der Waals surface area contributed by atoms with E-state index >= 15 is 0 Å². The van der Waals surface area contributed by atoms with E-state index in [0.717, 1.165) is 17.7 Å². The predicted molar refractivity (Wildman–Crippen MR) is 63.3 cm³/mol. The van der Waals surface area contributed by atoms with E-state index < -0.39 is 23.5 Å². The highest BCUT2D eigenvalue weighted by molar-refractivity contribution is 5.25. The van der Waals surface area contributed by atoms with E-state index in [9.17, 15) is 17.6 Å². The maximum atomic E-state index is 13.1. The van der Waals surface area contributed by atoms with Gasteiger partial charge in [-0.3, -0.25) is 0 Å². The lowest BCUT2D eigenvalue weighted by atomic mass is 9.99. The standard InChI is InChI=1S/C14H11F4N/c15-10-3-1-8(2-4-10)5-13(19)9-6-11(16)14(18)12(17)7-9/h1-4,6-7,13H,5,19H2. The SMILES string of the molecule is NC(Cc1ccc(F)cc1)c1cc(F)c(F)c(F)c1. The summed E-state index contributed by atoms with van der Waals surface area (Å²) in [5, 5.41) is 0. The molecule has 2 N–H and O–H groups in total. The van der Waals surface area contributed by atoms with Gasteiger partial charge in [0, 0.05) is 6.04 Å². The molecule has 100 valence electrons. The van der Waals surface area contributed by atoms with Crippen molar-refractivity contribution < 1.29 is 17.6 Å². The molecule has 0 aliphatic heterocycles. The van der Waals surface area contributed by atoms with Crippen molar-refractivity contribution in [1.29, 1.82) is 0 Å². The molecule has 0 aromatic heterocycles. The van der Waals surface area contributed by atoms with Crippen molar-refractivity contribution in [1.82, 2.24) is 0 Å². The number of hydrogen-bond donors (Lipinski definition) is 1. The molecule has 19 heavy (non-hydrogen) atoms. The van der Waals surface area contributed by atoms with Crippen LogP contribution in [0, 0.1) is 23.3 Å².